The zero-order chi connectivity index (χ0) is 8.84. The molecule has 0 saturated carbocycles. The molecule has 2 N–H and O–H groups in total. The first-order valence-electron chi connectivity index (χ1n) is 3.91. The summed E-state index contributed by atoms with van der Waals surface area (Å²) in [6, 6.07) is 3.99. The van der Waals surface area contributed by atoms with Crippen LogP contribution in [0.15, 0.2) is 17.5 Å². The van der Waals surface area contributed by atoms with Gasteiger partial charge in [-0.1, -0.05) is 0 Å². The van der Waals surface area contributed by atoms with Gasteiger partial charge >= 0.3 is 0 Å². The average Bonchev–Trinajstić information content (AvgIpc) is 2.71. The zero-order valence-electron chi connectivity index (χ0n) is 6.74. The summed E-state index contributed by atoms with van der Waals surface area (Å²) in [6.07, 6.45) is 0. The highest BCUT2D eigenvalue weighted by molar-refractivity contribution is 7.17. The highest BCUT2D eigenvalue weighted by Gasteiger charge is 2.19. The third-order valence-electron chi connectivity index (χ3n) is 2.11. The number of hydrogen-bond acceptors (Lipinski definition) is 4. The molecule has 0 bridgehead atoms. The molecule has 66 valence electrons. The third kappa shape index (κ3) is 0.833. The van der Waals surface area contributed by atoms with Gasteiger partial charge < -0.3 is 15.2 Å². The molecule has 0 unspecified atom stereocenters. The molecule has 1 aliphatic heterocycles. The summed E-state index contributed by atoms with van der Waals surface area (Å²) >= 11 is 1.62. The minimum Gasteiger partial charge on any atom is -0.453 e. The van der Waals surface area contributed by atoms with Crippen molar-refractivity contribution in [3.8, 4) is 11.5 Å². The summed E-state index contributed by atoms with van der Waals surface area (Å²) in [7, 11) is 0. The largest absolute Gasteiger partial charge is 0.453 e. The highest BCUT2D eigenvalue weighted by atomic mass is 32.1. The smallest absolute Gasteiger partial charge is 0.231 e. The van der Waals surface area contributed by atoms with Gasteiger partial charge in [0, 0.05) is 0 Å². The fourth-order valence-corrected chi connectivity index (χ4v) is 2.34. The number of rotatable bonds is 0. The van der Waals surface area contributed by atoms with E-state index in [1.54, 1.807) is 11.3 Å². The van der Waals surface area contributed by atoms with Gasteiger partial charge in [0.25, 0.3) is 0 Å². The van der Waals surface area contributed by atoms with Crippen LogP contribution in [0.1, 0.15) is 0 Å². The van der Waals surface area contributed by atoms with E-state index in [-0.39, 0.29) is 6.79 Å². The van der Waals surface area contributed by atoms with Gasteiger partial charge in [-0.2, -0.15) is 0 Å². The third-order valence-corrected chi connectivity index (χ3v) is 3.08. The Hall–Kier alpha value is -1.42. The molecule has 0 atom stereocenters. The summed E-state index contributed by atoms with van der Waals surface area (Å²) in [6.45, 7) is 0.275. The number of fused-ring (bicyclic) bond motifs is 2. The number of hydrogen-bond donors (Lipinski definition) is 1. The first kappa shape index (κ1) is 7.03. The predicted molar refractivity (Wildman–Crippen MR) is 52.4 cm³/mol. The molecule has 2 aromatic rings. The van der Waals surface area contributed by atoms with E-state index in [4.69, 9.17) is 15.2 Å². The topological polar surface area (TPSA) is 44.5 Å². The normalized spacial score (nSPS) is 13.8. The van der Waals surface area contributed by atoms with Gasteiger partial charge in [-0.3, -0.25) is 0 Å². The Balaban J connectivity index is 2.45. The van der Waals surface area contributed by atoms with E-state index in [1.807, 2.05) is 17.5 Å². The Bertz CT molecular complexity index is 478. The molecule has 0 fully saturated rings. The SMILES string of the molecule is Nc1c2c(cc3ccsc13)OCO2. The van der Waals surface area contributed by atoms with Crippen LogP contribution in [0.4, 0.5) is 5.69 Å². The van der Waals surface area contributed by atoms with Gasteiger partial charge in [0.1, 0.15) is 0 Å². The summed E-state index contributed by atoms with van der Waals surface area (Å²) in [5.41, 5.74) is 6.61. The second kappa shape index (κ2) is 2.29. The summed E-state index contributed by atoms with van der Waals surface area (Å²) in [5.74, 6) is 1.44. The van der Waals surface area contributed by atoms with Crippen LogP contribution in [0, 0.1) is 0 Å². The lowest BCUT2D eigenvalue weighted by atomic mass is 10.2. The van der Waals surface area contributed by atoms with Gasteiger partial charge in [0.2, 0.25) is 6.79 Å². The Morgan fingerprint density at radius 2 is 2.31 bits per heavy atom. The molecule has 3 rings (SSSR count). The van der Waals surface area contributed by atoms with Crippen LogP contribution < -0.4 is 15.2 Å². The monoisotopic (exact) mass is 193 g/mol. The minimum atomic E-state index is 0.275. The molecule has 1 aromatic carbocycles. The molecule has 2 heterocycles. The number of nitrogens with two attached hydrogens (primary N) is 1. The molecule has 1 aliphatic rings. The van der Waals surface area contributed by atoms with Crippen LogP contribution in [-0.2, 0) is 0 Å². The summed E-state index contributed by atoms with van der Waals surface area (Å²) in [4.78, 5) is 0. The van der Waals surface area contributed by atoms with Gasteiger partial charge in [-0.15, -0.1) is 11.3 Å². The number of thiophene rings is 1. The van der Waals surface area contributed by atoms with E-state index in [0.717, 1.165) is 15.8 Å². The maximum atomic E-state index is 5.92. The molecular formula is C9H7NO2S. The van der Waals surface area contributed by atoms with Crippen LogP contribution >= 0.6 is 11.3 Å². The lowest BCUT2D eigenvalue weighted by Crippen LogP contribution is -1.94. The first-order chi connectivity index (χ1) is 6.36. The molecule has 0 saturated heterocycles. The molecule has 0 amide bonds. The Morgan fingerprint density at radius 1 is 1.38 bits per heavy atom. The second-order valence-corrected chi connectivity index (χ2v) is 3.78. The van der Waals surface area contributed by atoms with E-state index >= 15 is 0 Å². The molecule has 0 spiro atoms. The Kier molecular flexibility index (Phi) is 1.24. The van der Waals surface area contributed by atoms with Crippen LogP contribution in [-0.4, -0.2) is 6.79 Å². The van der Waals surface area contributed by atoms with Crippen molar-refractivity contribution in [2.45, 2.75) is 0 Å². The lowest BCUT2D eigenvalue weighted by molar-refractivity contribution is 0.174. The molecule has 13 heavy (non-hydrogen) atoms. The van der Waals surface area contributed by atoms with Crippen molar-refractivity contribution in [2.24, 2.45) is 0 Å². The fraction of sp³-hybridized carbons (Fsp3) is 0.111. The number of benzene rings is 1. The van der Waals surface area contributed by atoms with E-state index in [2.05, 4.69) is 0 Å². The summed E-state index contributed by atoms with van der Waals surface area (Å²) < 4.78 is 11.6. The van der Waals surface area contributed by atoms with Crippen molar-refractivity contribution < 1.29 is 9.47 Å². The first-order valence-corrected chi connectivity index (χ1v) is 4.79. The van der Waals surface area contributed by atoms with Crippen molar-refractivity contribution in [3.05, 3.63) is 17.5 Å². The van der Waals surface area contributed by atoms with Crippen molar-refractivity contribution in [3.63, 3.8) is 0 Å². The van der Waals surface area contributed by atoms with Crippen molar-refractivity contribution >= 4 is 27.1 Å². The molecule has 4 heteroatoms. The van der Waals surface area contributed by atoms with Crippen molar-refractivity contribution in [1.82, 2.24) is 0 Å². The van der Waals surface area contributed by atoms with Crippen molar-refractivity contribution in [1.29, 1.82) is 0 Å². The second-order valence-electron chi connectivity index (χ2n) is 2.86. The Morgan fingerprint density at radius 3 is 3.23 bits per heavy atom. The maximum absolute atomic E-state index is 5.92. The van der Waals surface area contributed by atoms with Gasteiger partial charge in [0.15, 0.2) is 11.5 Å². The fourth-order valence-electron chi connectivity index (χ4n) is 1.50. The van der Waals surface area contributed by atoms with E-state index in [1.165, 1.54) is 0 Å². The predicted octanol–water partition coefficient (Wildman–Crippen LogP) is 2.21. The van der Waals surface area contributed by atoms with Crippen LogP contribution in [0.5, 0.6) is 11.5 Å². The molecule has 3 nitrogen and oxygen atoms in total. The van der Waals surface area contributed by atoms with Gasteiger partial charge in [-0.05, 0) is 22.9 Å². The quantitative estimate of drug-likeness (QED) is 0.652. The molecular weight excluding hydrogens is 186 g/mol. The van der Waals surface area contributed by atoms with E-state index < -0.39 is 0 Å². The summed E-state index contributed by atoms with van der Waals surface area (Å²) in [5, 5.41) is 3.13. The molecule has 0 aliphatic carbocycles. The van der Waals surface area contributed by atoms with Gasteiger partial charge in [-0.25, -0.2) is 0 Å². The highest BCUT2D eigenvalue weighted by Crippen LogP contribution is 2.44. The number of ether oxygens (including phenoxy) is 2. The van der Waals surface area contributed by atoms with Crippen molar-refractivity contribution in [2.75, 3.05) is 12.5 Å². The van der Waals surface area contributed by atoms with Gasteiger partial charge in [0.05, 0.1) is 10.4 Å². The standard InChI is InChI=1S/C9H7NO2S/c10-7-8-6(11-4-12-8)3-5-1-2-13-9(5)7/h1-3H,4,10H2. The Labute approximate surface area is 78.7 Å². The average molecular weight is 193 g/mol. The van der Waals surface area contributed by atoms with E-state index in [9.17, 15) is 0 Å². The number of nitrogen functional groups attached to an aromatic ring is 1. The maximum Gasteiger partial charge on any atom is 0.231 e. The zero-order valence-corrected chi connectivity index (χ0v) is 7.56. The van der Waals surface area contributed by atoms with E-state index in [0.29, 0.717) is 11.4 Å². The molecule has 0 radical (unpaired) electrons. The number of anilines is 1. The molecule has 1 aromatic heterocycles. The minimum absolute atomic E-state index is 0.275. The van der Waals surface area contributed by atoms with Crippen LogP contribution in [0.25, 0.3) is 10.1 Å². The van der Waals surface area contributed by atoms with Crippen LogP contribution in [0.3, 0.4) is 0 Å². The lowest BCUT2D eigenvalue weighted by Gasteiger charge is -2.01. The van der Waals surface area contributed by atoms with Crippen LogP contribution in [0.2, 0.25) is 0 Å².